The number of aromatic carboxylic acids is 1. The van der Waals surface area contributed by atoms with Gasteiger partial charge in [-0.05, 0) is 60.1 Å². The monoisotopic (exact) mass is 404 g/mol. The van der Waals surface area contributed by atoms with Crippen LogP contribution in [0, 0.1) is 6.92 Å². The van der Waals surface area contributed by atoms with Gasteiger partial charge in [-0.25, -0.2) is 4.90 Å². The molecule has 0 saturated carbocycles. The molecule has 3 aromatic rings. The number of furan rings is 1. The Hall–Kier alpha value is -3.58. The van der Waals surface area contributed by atoms with Crippen molar-refractivity contribution in [1.82, 2.24) is 0 Å². The minimum Gasteiger partial charge on any atom is -0.545 e. The fourth-order valence-electron chi connectivity index (χ4n) is 2.99. The van der Waals surface area contributed by atoms with E-state index in [2.05, 4.69) is 0 Å². The molecule has 2 amide bonds. The van der Waals surface area contributed by atoms with Gasteiger partial charge in [0.05, 0.1) is 16.6 Å². The van der Waals surface area contributed by atoms with Crippen LogP contribution in [0.2, 0.25) is 0 Å². The number of aryl methyl sites for hydroxylation is 1. The van der Waals surface area contributed by atoms with Gasteiger partial charge in [0, 0.05) is 11.6 Å². The normalized spacial score (nSPS) is 15.3. The van der Waals surface area contributed by atoms with Gasteiger partial charge in [-0.3, -0.25) is 9.59 Å². The fourth-order valence-corrected chi connectivity index (χ4v) is 3.81. The van der Waals surface area contributed by atoms with Gasteiger partial charge in [0.2, 0.25) is 0 Å². The van der Waals surface area contributed by atoms with Gasteiger partial charge in [0.1, 0.15) is 11.5 Å². The van der Waals surface area contributed by atoms with Crippen LogP contribution in [0.5, 0.6) is 0 Å². The molecule has 2 aromatic carbocycles. The van der Waals surface area contributed by atoms with Crippen molar-refractivity contribution in [3.05, 3.63) is 82.5 Å². The Morgan fingerprint density at radius 1 is 1.07 bits per heavy atom. The van der Waals surface area contributed by atoms with Crippen LogP contribution in [0.3, 0.4) is 0 Å². The lowest BCUT2D eigenvalue weighted by molar-refractivity contribution is -0.255. The molecule has 0 aliphatic carbocycles. The number of carboxylic acid groups (broad SMARTS) is 1. The molecule has 7 heteroatoms. The summed E-state index contributed by atoms with van der Waals surface area (Å²) < 4.78 is 5.79. The van der Waals surface area contributed by atoms with E-state index in [1.165, 1.54) is 18.2 Å². The number of hydrogen-bond donors (Lipinski definition) is 0. The number of nitrogens with zero attached hydrogens (tertiary/aromatic N) is 1. The number of amides is 2. The molecular formula is C22H14NO5S-. The second-order valence-corrected chi connectivity index (χ2v) is 7.37. The van der Waals surface area contributed by atoms with Crippen molar-refractivity contribution in [2.24, 2.45) is 0 Å². The maximum Gasteiger partial charge on any atom is 0.298 e. The molecule has 1 saturated heterocycles. The first-order valence-corrected chi connectivity index (χ1v) is 9.51. The highest BCUT2D eigenvalue weighted by molar-refractivity contribution is 8.19. The van der Waals surface area contributed by atoms with E-state index in [1.54, 1.807) is 48.5 Å². The summed E-state index contributed by atoms with van der Waals surface area (Å²) in [6.07, 6.45) is 1.51. The molecule has 0 N–H and O–H groups in total. The molecular weight excluding hydrogens is 390 g/mol. The Balaban J connectivity index is 1.64. The summed E-state index contributed by atoms with van der Waals surface area (Å²) in [6, 6.07) is 16.7. The number of carbonyl (C=O) groups excluding carboxylic acids is 3. The van der Waals surface area contributed by atoms with E-state index >= 15 is 0 Å². The molecule has 1 fully saturated rings. The summed E-state index contributed by atoms with van der Waals surface area (Å²) in [6.45, 7) is 1.84. The summed E-state index contributed by atoms with van der Waals surface area (Å²) >= 11 is 0.839. The van der Waals surface area contributed by atoms with Crippen molar-refractivity contribution in [3.8, 4) is 11.3 Å². The number of rotatable bonds is 4. The van der Waals surface area contributed by atoms with Crippen molar-refractivity contribution >= 4 is 40.6 Å². The quantitative estimate of drug-likeness (QED) is 0.614. The molecule has 29 heavy (non-hydrogen) atoms. The Morgan fingerprint density at radius 3 is 2.55 bits per heavy atom. The van der Waals surface area contributed by atoms with Crippen molar-refractivity contribution in [2.45, 2.75) is 6.92 Å². The van der Waals surface area contributed by atoms with Crippen LogP contribution in [0.4, 0.5) is 10.5 Å². The van der Waals surface area contributed by atoms with Crippen LogP contribution in [-0.2, 0) is 4.79 Å². The Morgan fingerprint density at radius 2 is 1.83 bits per heavy atom. The fraction of sp³-hybridized carbons (Fsp3) is 0.0455. The Bertz CT molecular complexity index is 1160. The van der Waals surface area contributed by atoms with Crippen molar-refractivity contribution in [2.75, 3.05) is 4.90 Å². The maximum atomic E-state index is 12.7. The number of imide groups is 1. The molecule has 1 aliphatic heterocycles. The lowest BCUT2D eigenvalue weighted by atomic mass is 10.0. The second kappa shape index (κ2) is 7.44. The number of thioether (sulfide) groups is 1. The first-order valence-electron chi connectivity index (χ1n) is 8.69. The highest BCUT2D eigenvalue weighted by atomic mass is 32.2. The zero-order chi connectivity index (χ0) is 20.5. The van der Waals surface area contributed by atoms with E-state index < -0.39 is 11.9 Å². The highest BCUT2D eigenvalue weighted by Gasteiger charge is 2.36. The van der Waals surface area contributed by atoms with Gasteiger partial charge in [0.25, 0.3) is 11.1 Å². The summed E-state index contributed by atoms with van der Waals surface area (Å²) in [5.74, 6) is -0.845. The molecule has 4 rings (SSSR count). The molecule has 0 unspecified atom stereocenters. The zero-order valence-corrected chi connectivity index (χ0v) is 16.1. The molecule has 0 atom stereocenters. The number of hydrogen-bond acceptors (Lipinski definition) is 6. The SMILES string of the molecule is Cc1ccc(C(=O)[O-])cc1-c1ccc(/C=C2\SC(=O)N(c3ccccc3)C2=O)o1. The van der Waals surface area contributed by atoms with Gasteiger partial charge in [0.15, 0.2) is 0 Å². The third-order valence-electron chi connectivity index (χ3n) is 4.45. The topological polar surface area (TPSA) is 90.6 Å². The lowest BCUT2D eigenvalue weighted by Gasteiger charge is -2.11. The lowest BCUT2D eigenvalue weighted by Crippen LogP contribution is -2.27. The van der Waals surface area contributed by atoms with E-state index in [0.717, 1.165) is 22.2 Å². The van der Waals surface area contributed by atoms with E-state index in [-0.39, 0.29) is 15.7 Å². The number of para-hydroxylation sites is 1. The standard InChI is InChI=1S/C22H15NO5S/c1-13-7-8-14(21(25)26)11-17(13)18-10-9-16(28-18)12-19-20(24)23(22(27)29-19)15-5-3-2-4-6-15/h2-12H,1H3,(H,25,26)/p-1/b19-12-. The summed E-state index contributed by atoms with van der Waals surface area (Å²) in [7, 11) is 0. The van der Waals surface area contributed by atoms with Crippen LogP contribution in [0.25, 0.3) is 17.4 Å². The molecule has 1 aromatic heterocycles. The number of anilines is 1. The van der Waals surface area contributed by atoms with Crippen molar-refractivity contribution in [3.63, 3.8) is 0 Å². The molecule has 144 valence electrons. The van der Waals surface area contributed by atoms with Gasteiger partial charge in [-0.2, -0.15) is 0 Å². The summed E-state index contributed by atoms with van der Waals surface area (Å²) in [4.78, 5) is 37.5. The van der Waals surface area contributed by atoms with E-state index in [4.69, 9.17) is 4.42 Å². The minimum absolute atomic E-state index is 0.0486. The third-order valence-corrected chi connectivity index (χ3v) is 5.32. The predicted octanol–water partition coefficient (Wildman–Crippen LogP) is 3.86. The van der Waals surface area contributed by atoms with Crippen LogP contribution in [-0.4, -0.2) is 17.1 Å². The molecule has 0 radical (unpaired) electrons. The Labute approximate surface area is 170 Å². The van der Waals surface area contributed by atoms with Crippen LogP contribution in [0.1, 0.15) is 21.7 Å². The zero-order valence-electron chi connectivity index (χ0n) is 15.2. The summed E-state index contributed by atoms with van der Waals surface area (Å²) in [5, 5.41) is 10.7. The van der Waals surface area contributed by atoms with E-state index in [1.807, 2.05) is 6.92 Å². The maximum absolute atomic E-state index is 12.7. The first kappa shape index (κ1) is 18.8. The van der Waals surface area contributed by atoms with E-state index in [0.29, 0.717) is 22.8 Å². The number of carboxylic acids is 1. The number of benzene rings is 2. The molecule has 6 nitrogen and oxygen atoms in total. The highest BCUT2D eigenvalue weighted by Crippen LogP contribution is 2.36. The summed E-state index contributed by atoms with van der Waals surface area (Å²) in [5.41, 5.74) is 2.00. The predicted molar refractivity (Wildman–Crippen MR) is 108 cm³/mol. The van der Waals surface area contributed by atoms with Crippen LogP contribution >= 0.6 is 11.8 Å². The second-order valence-electron chi connectivity index (χ2n) is 6.37. The Kier molecular flexibility index (Phi) is 4.82. The molecule has 2 heterocycles. The van der Waals surface area contributed by atoms with Crippen LogP contribution < -0.4 is 10.0 Å². The average Bonchev–Trinajstić information content (AvgIpc) is 3.27. The molecule has 0 spiro atoms. The molecule has 1 aliphatic rings. The van der Waals surface area contributed by atoms with Gasteiger partial charge >= 0.3 is 0 Å². The smallest absolute Gasteiger partial charge is 0.298 e. The minimum atomic E-state index is -1.27. The number of carbonyl (C=O) groups is 3. The van der Waals surface area contributed by atoms with Crippen LogP contribution in [0.15, 0.2) is 70.0 Å². The van der Waals surface area contributed by atoms with Crippen molar-refractivity contribution in [1.29, 1.82) is 0 Å². The van der Waals surface area contributed by atoms with Gasteiger partial charge < -0.3 is 14.3 Å². The average molecular weight is 404 g/mol. The van der Waals surface area contributed by atoms with Crippen molar-refractivity contribution < 1.29 is 23.9 Å². The van der Waals surface area contributed by atoms with E-state index in [9.17, 15) is 19.5 Å². The first-order chi connectivity index (χ1) is 13.9. The largest absolute Gasteiger partial charge is 0.545 e. The van der Waals surface area contributed by atoms with Gasteiger partial charge in [-0.1, -0.05) is 30.3 Å². The molecule has 0 bridgehead atoms. The van der Waals surface area contributed by atoms with Gasteiger partial charge in [-0.15, -0.1) is 0 Å². The third kappa shape index (κ3) is 3.60.